The van der Waals surface area contributed by atoms with Crippen molar-refractivity contribution in [3.8, 4) is 22.8 Å². The van der Waals surface area contributed by atoms with Crippen molar-refractivity contribution in [2.45, 2.75) is 20.4 Å². The number of aromatic hydroxyl groups is 1. The van der Waals surface area contributed by atoms with E-state index in [1.807, 2.05) is 97.4 Å². The second-order valence-corrected chi connectivity index (χ2v) is 8.39. The van der Waals surface area contributed by atoms with Gasteiger partial charge in [-0.2, -0.15) is 5.10 Å². The third-order valence-electron chi connectivity index (χ3n) is 5.54. The Morgan fingerprint density at radius 3 is 2.44 bits per heavy atom. The number of hydrogen-bond donors (Lipinski definition) is 1. The molecule has 0 spiro atoms. The molecule has 3 aromatic carbocycles. The summed E-state index contributed by atoms with van der Waals surface area (Å²) >= 11 is 6.11. The highest BCUT2D eigenvalue weighted by Crippen LogP contribution is 2.33. The van der Waals surface area contributed by atoms with Crippen molar-refractivity contribution in [3.05, 3.63) is 107 Å². The van der Waals surface area contributed by atoms with E-state index >= 15 is 0 Å². The highest BCUT2D eigenvalue weighted by atomic mass is 35.5. The van der Waals surface area contributed by atoms with Crippen molar-refractivity contribution >= 4 is 22.9 Å². The average Bonchev–Trinajstić information content (AvgIpc) is 3.18. The molecule has 0 saturated heterocycles. The Kier molecular flexibility index (Phi) is 7.14. The number of aromatic nitrogens is 2. The summed E-state index contributed by atoms with van der Waals surface area (Å²) in [5.74, 6) is 0.899. The zero-order valence-electron chi connectivity index (χ0n) is 19.4. The van der Waals surface area contributed by atoms with Crippen molar-refractivity contribution in [1.82, 2.24) is 9.78 Å². The van der Waals surface area contributed by atoms with Gasteiger partial charge >= 0.3 is 0 Å². The zero-order valence-corrected chi connectivity index (χ0v) is 20.1. The van der Waals surface area contributed by atoms with Crippen molar-refractivity contribution in [2.75, 3.05) is 7.11 Å². The van der Waals surface area contributed by atoms with Crippen molar-refractivity contribution in [3.63, 3.8) is 0 Å². The number of allylic oxidation sites excluding steroid dienone is 1. The van der Waals surface area contributed by atoms with Gasteiger partial charge in [-0.05, 0) is 54.8 Å². The normalized spacial score (nSPS) is 12.1. The molecular weight excluding hydrogens is 446 g/mol. The van der Waals surface area contributed by atoms with Crippen LogP contribution in [0.2, 0.25) is 5.02 Å². The van der Waals surface area contributed by atoms with E-state index in [1.165, 1.54) is 0 Å². The van der Waals surface area contributed by atoms with Gasteiger partial charge in [0.05, 0.1) is 19.4 Å². The molecule has 0 amide bonds. The van der Waals surface area contributed by atoms with Gasteiger partial charge in [0.1, 0.15) is 17.1 Å². The average molecular weight is 472 g/mol. The third-order valence-corrected chi connectivity index (χ3v) is 5.78. The molecule has 6 heteroatoms. The number of aliphatic imine (C=N–C) groups is 1. The van der Waals surface area contributed by atoms with E-state index in [0.29, 0.717) is 28.7 Å². The van der Waals surface area contributed by atoms with Gasteiger partial charge in [-0.25, -0.2) is 0 Å². The topological polar surface area (TPSA) is 59.6 Å². The molecule has 172 valence electrons. The fraction of sp³-hybridized carbons (Fsp3) is 0.143. The van der Waals surface area contributed by atoms with Crippen LogP contribution >= 0.6 is 11.6 Å². The van der Waals surface area contributed by atoms with Gasteiger partial charge < -0.3 is 9.84 Å². The Bertz CT molecular complexity index is 1340. The van der Waals surface area contributed by atoms with Gasteiger partial charge in [0.15, 0.2) is 5.75 Å². The minimum absolute atomic E-state index is 0.106. The van der Waals surface area contributed by atoms with Crippen LogP contribution in [-0.4, -0.2) is 27.7 Å². The smallest absolute Gasteiger partial charge is 0.171 e. The van der Waals surface area contributed by atoms with Crippen LogP contribution in [0.25, 0.3) is 16.8 Å². The summed E-state index contributed by atoms with van der Waals surface area (Å²) in [7, 11) is 1.64. The van der Waals surface area contributed by atoms with Crippen LogP contribution in [0.15, 0.2) is 90.1 Å². The van der Waals surface area contributed by atoms with Gasteiger partial charge in [-0.1, -0.05) is 66.2 Å². The number of hydrogen-bond acceptors (Lipinski definition) is 4. The van der Waals surface area contributed by atoms with Crippen LogP contribution < -0.4 is 4.74 Å². The second-order valence-electron chi connectivity index (χ2n) is 7.95. The Morgan fingerprint density at radius 1 is 1.03 bits per heavy atom. The molecule has 0 atom stereocenters. The first-order chi connectivity index (χ1) is 16.5. The highest BCUT2D eigenvalue weighted by molar-refractivity contribution is 6.30. The Hall–Kier alpha value is -3.83. The molecule has 1 aromatic heterocycles. The standard InChI is InChI=1S/C28H26ClN3O2/c1-19(23-10-7-11-24(29)16-23)17-30-20(2)26-28(33)27(22-8-5-4-6-9-22)32(31-26)18-21-12-14-25(34-3)15-13-21/h4-17,33H,18H2,1-3H3/b19-17+,30-20?. The first-order valence-electron chi connectivity index (χ1n) is 10.9. The number of benzene rings is 3. The van der Waals surface area contributed by atoms with Gasteiger partial charge in [-0.15, -0.1) is 0 Å². The van der Waals surface area contributed by atoms with Gasteiger partial charge in [0.25, 0.3) is 0 Å². The predicted molar refractivity (Wildman–Crippen MR) is 139 cm³/mol. The minimum atomic E-state index is 0.106. The maximum Gasteiger partial charge on any atom is 0.171 e. The van der Waals surface area contributed by atoms with Gasteiger partial charge in [-0.3, -0.25) is 9.67 Å². The van der Waals surface area contributed by atoms with E-state index in [2.05, 4.69) is 4.99 Å². The van der Waals surface area contributed by atoms with Crippen molar-refractivity contribution < 1.29 is 9.84 Å². The maximum absolute atomic E-state index is 11.2. The van der Waals surface area contributed by atoms with Crippen molar-refractivity contribution in [2.24, 2.45) is 4.99 Å². The highest BCUT2D eigenvalue weighted by Gasteiger charge is 2.20. The minimum Gasteiger partial charge on any atom is -0.504 e. The summed E-state index contributed by atoms with van der Waals surface area (Å²) in [6.07, 6.45) is 1.77. The quantitative estimate of drug-likeness (QED) is 0.300. The monoisotopic (exact) mass is 471 g/mol. The zero-order chi connectivity index (χ0) is 24.1. The molecule has 0 bridgehead atoms. The van der Waals surface area contributed by atoms with Crippen LogP contribution in [-0.2, 0) is 6.54 Å². The summed E-state index contributed by atoms with van der Waals surface area (Å²) in [5, 5.41) is 16.6. The van der Waals surface area contributed by atoms with Gasteiger partial charge in [0.2, 0.25) is 0 Å². The molecule has 34 heavy (non-hydrogen) atoms. The molecule has 4 rings (SSSR count). The van der Waals surface area contributed by atoms with E-state index in [-0.39, 0.29) is 5.75 Å². The molecule has 4 aromatic rings. The van der Waals surface area contributed by atoms with E-state index in [0.717, 1.165) is 28.0 Å². The summed E-state index contributed by atoms with van der Waals surface area (Å²) in [4.78, 5) is 4.60. The first-order valence-corrected chi connectivity index (χ1v) is 11.3. The van der Waals surface area contributed by atoms with E-state index in [1.54, 1.807) is 13.3 Å². The summed E-state index contributed by atoms with van der Waals surface area (Å²) in [6, 6.07) is 25.2. The molecule has 0 aliphatic heterocycles. The number of halogens is 1. The molecular formula is C28H26ClN3O2. The molecule has 1 N–H and O–H groups in total. The number of ether oxygens (including phenoxy) is 1. The fourth-order valence-corrected chi connectivity index (χ4v) is 3.85. The lowest BCUT2D eigenvalue weighted by molar-refractivity contribution is 0.414. The molecule has 0 aliphatic carbocycles. The van der Waals surface area contributed by atoms with E-state index in [4.69, 9.17) is 21.4 Å². The Balaban J connectivity index is 1.72. The molecule has 0 radical (unpaired) electrons. The summed E-state index contributed by atoms with van der Waals surface area (Å²) < 4.78 is 7.07. The largest absolute Gasteiger partial charge is 0.504 e. The van der Waals surface area contributed by atoms with Crippen LogP contribution in [0.5, 0.6) is 11.5 Å². The van der Waals surface area contributed by atoms with E-state index in [9.17, 15) is 5.11 Å². The fourth-order valence-electron chi connectivity index (χ4n) is 3.66. The Labute approximate surface area is 204 Å². The lowest BCUT2D eigenvalue weighted by Crippen LogP contribution is -2.05. The molecule has 0 saturated carbocycles. The predicted octanol–water partition coefficient (Wildman–Crippen LogP) is 6.84. The molecule has 0 fully saturated rings. The van der Waals surface area contributed by atoms with Crippen LogP contribution in [0.1, 0.15) is 30.7 Å². The molecule has 0 unspecified atom stereocenters. The molecule has 5 nitrogen and oxygen atoms in total. The van der Waals surface area contributed by atoms with Crippen molar-refractivity contribution in [1.29, 1.82) is 0 Å². The molecule has 1 heterocycles. The maximum atomic E-state index is 11.2. The van der Waals surface area contributed by atoms with E-state index < -0.39 is 0 Å². The van der Waals surface area contributed by atoms with Crippen LogP contribution in [0, 0.1) is 0 Å². The third kappa shape index (κ3) is 5.21. The van der Waals surface area contributed by atoms with Crippen LogP contribution in [0.3, 0.4) is 0 Å². The summed E-state index contributed by atoms with van der Waals surface area (Å²) in [5.41, 5.74) is 5.58. The number of methoxy groups -OCH3 is 1. The van der Waals surface area contributed by atoms with Crippen LogP contribution in [0.4, 0.5) is 0 Å². The van der Waals surface area contributed by atoms with Gasteiger partial charge in [0, 0.05) is 16.8 Å². The second kappa shape index (κ2) is 10.4. The lowest BCUT2D eigenvalue weighted by Gasteiger charge is -2.09. The SMILES string of the molecule is COc1ccc(Cn2nc(C(C)=N/C=C(\C)c3cccc(Cl)c3)c(O)c2-c2ccccc2)cc1. The number of nitrogens with zero attached hydrogens (tertiary/aromatic N) is 3. The first kappa shape index (κ1) is 23.3. The lowest BCUT2D eigenvalue weighted by atomic mass is 10.1. The number of rotatable bonds is 7. The summed E-state index contributed by atoms with van der Waals surface area (Å²) in [6.45, 7) is 4.31. The Morgan fingerprint density at radius 2 is 1.76 bits per heavy atom. The molecule has 0 aliphatic rings.